The van der Waals surface area contributed by atoms with E-state index < -0.39 is 23.1 Å². The third kappa shape index (κ3) is 5.40. The maximum absolute atomic E-state index is 13.8. The Morgan fingerprint density at radius 2 is 1.82 bits per heavy atom. The fraction of sp³-hybridized carbons (Fsp3) is 0.167. The van der Waals surface area contributed by atoms with Crippen molar-refractivity contribution >= 4 is 35.6 Å². The Morgan fingerprint density at radius 1 is 1.06 bits per heavy atom. The van der Waals surface area contributed by atoms with Gasteiger partial charge < -0.3 is 10.2 Å². The summed E-state index contributed by atoms with van der Waals surface area (Å²) in [5.74, 6) is -2.78. The summed E-state index contributed by atoms with van der Waals surface area (Å²) in [5, 5.41) is 2.40. The van der Waals surface area contributed by atoms with Crippen LogP contribution in [-0.4, -0.2) is 39.8 Å². The highest BCUT2D eigenvalue weighted by Gasteiger charge is 2.22. The van der Waals surface area contributed by atoms with Crippen molar-refractivity contribution in [3.63, 3.8) is 0 Å². The second-order valence-electron chi connectivity index (χ2n) is 7.45. The second kappa shape index (κ2) is 10.3. The van der Waals surface area contributed by atoms with Gasteiger partial charge in [0.1, 0.15) is 28.7 Å². The van der Waals surface area contributed by atoms with Crippen molar-refractivity contribution in [2.75, 3.05) is 18.4 Å². The van der Waals surface area contributed by atoms with Crippen LogP contribution in [0.1, 0.15) is 38.4 Å². The number of hydrogen-bond donors (Lipinski definition) is 1. The minimum absolute atomic E-state index is 0. The number of pyridine rings is 2. The standard InChI is InChI=1S/C24H20F2N4O2.ClH/c1-15-9-10-27-20(12-15)24(32)30-11-3-4-17(14-30)16-7-8-21(28-13-16)29-23(31)22-18(25)5-2-6-19(22)26;/h2,4-10,12-13H,3,11,14H2,1H3,(H,28,29,31);1H. The van der Waals surface area contributed by atoms with Crippen molar-refractivity contribution in [1.29, 1.82) is 0 Å². The molecule has 4 rings (SSSR count). The first-order valence-corrected chi connectivity index (χ1v) is 10.0. The Morgan fingerprint density at radius 3 is 2.48 bits per heavy atom. The number of anilines is 1. The van der Waals surface area contributed by atoms with Crippen molar-refractivity contribution < 1.29 is 18.4 Å². The van der Waals surface area contributed by atoms with Gasteiger partial charge in [-0.1, -0.05) is 12.1 Å². The van der Waals surface area contributed by atoms with Crippen LogP contribution in [0, 0.1) is 18.6 Å². The quantitative estimate of drug-likeness (QED) is 0.601. The van der Waals surface area contributed by atoms with Gasteiger partial charge in [-0.15, -0.1) is 12.4 Å². The molecular formula is C24H21ClF2N4O2. The Balaban J connectivity index is 0.00000306. The van der Waals surface area contributed by atoms with Gasteiger partial charge in [-0.25, -0.2) is 13.8 Å². The molecule has 1 aliphatic rings. The van der Waals surface area contributed by atoms with Crippen molar-refractivity contribution in [2.24, 2.45) is 0 Å². The maximum Gasteiger partial charge on any atom is 0.272 e. The number of carbonyl (C=O) groups excluding carboxylic acids is 2. The normalized spacial score (nSPS) is 13.1. The van der Waals surface area contributed by atoms with E-state index in [-0.39, 0.29) is 24.1 Å². The van der Waals surface area contributed by atoms with E-state index >= 15 is 0 Å². The average molecular weight is 471 g/mol. The first kappa shape index (κ1) is 24.0. The smallest absolute Gasteiger partial charge is 0.272 e. The summed E-state index contributed by atoms with van der Waals surface area (Å²) in [5.41, 5.74) is 2.42. The van der Waals surface area contributed by atoms with Crippen LogP contribution in [0.15, 0.2) is 60.9 Å². The fourth-order valence-electron chi connectivity index (χ4n) is 3.49. The molecule has 1 N–H and O–H groups in total. The number of amides is 2. The number of aryl methyl sites for hydroxylation is 1. The predicted octanol–water partition coefficient (Wildman–Crippen LogP) is 4.67. The Labute approximate surface area is 195 Å². The van der Waals surface area contributed by atoms with Crippen molar-refractivity contribution in [2.45, 2.75) is 13.3 Å². The Hall–Kier alpha value is -3.65. The molecule has 1 aliphatic heterocycles. The first-order chi connectivity index (χ1) is 15.4. The molecule has 0 bridgehead atoms. The van der Waals surface area contributed by atoms with Gasteiger partial charge in [-0.3, -0.25) is 14.6 Å². The molecule has 6 nitrogen and oxygen atoms in total. The van der Waals surface area contributed by atoms with Crippen LogP contribution in [0.2, 0.25) is 0 Å². The second-order valence-corrected chi connectivity index (χ2v) is 7.45. The average Bonchev–Trinajstić information content (AvgIpc) is 2.79. The zero-order valence-electron chi connectivity index (χ0n) is 17.7. The molecule has 0 fully saturated rings. The van der Waals surface area contributed by atoms with E-state index in [1.807, 2.05) is 19.1 Å². The molecule has 0 atom stereocenters. The zero-order valence-corrected chi connectivity index (χ0v) is 18.5. The van der Waals surface area contributed by atoms with E-state index in [0.717, 1.165) is 28.8 Å². The minimum atomic E-state index is -0.945. The molecule has 170 valence electrons. The topological polar surface area (TPSA) is 75.2 Å². The van der Waals surface area contributed by atoms with Gasteiger partial charge in [0, 0.05) is 25.5 Å². The van der Waals surface area contributed by atoms with Gasteiger partial charge in [0.25, 0.3) is 11.8 Å². The summed E-state index contributed by atoms with van der Waals surface area (Å²) in [4.78, 5) is 35.1. The molecule has 3 aromatic rings. The number of benzene rings is 1. The lowest BCUT2D eigenvalue weighted by Crippen LogP contribution is -2.36. The summed E-state index contributed by atoms with van der Waals surface area (Å²) in [6, 6.07) is 10.1. The lowest BCUT2D eigenvalue weighted by atomic mass is 10.0. The number of nitrogens with one attached hydrogen (secondary N) is 1. The number of hydrogen-bond acceptors (Lipinski definition) is 4. The molecule has 0 saturated heterocycles. The largest absolute Gasteiger partial charge is 0.333 e. The summed E-state index contributed by atoms with van der Waals surface area (Å²) < 4.78 is 27.6. The molecule has 2 amide bonds. The SMILES string of the molecule is Cc1ccnc(C(=O)N2CCC=C(c3ccc(NC(=O)c4c(F)cccc4F)nc3)C2)c1.Cl. The molecule has 3 heterocycles. The number of rotatable bonds is 4. The number of nitrogens with zero attached hydrogens (tertiary/aromatic N) is 3. The monoisotopic (exact) mass is 470 g/mol. The molecule has 2 aromatic heterocycles. The van der Waals surface area contributed by atoms with Crippen LogP contribution in [0.3, 0.4) is 0 Å². The van der Waals surface area contributed by atoms with Crippen molar-refractivity contribution in [3.8, 4) is 0 Å². The van der Waals surface area contributed by atoms with Crippen LogP contribution in [0.25, 0.3) is 5.57 Å². The van der Waals surface area contributed by atoms with Gasteiger partial charge in [-0.2, -0.15) is 0 Å². The molecular weight excluding hydrogens is 450 g/mol. The highest BCUT2D eigenvalue weighted by atomic mass is 35.5. The van der Waals surface area contributed by atoms with Crippen LogP contribution in [0.4, 0.5) is 14.6 Å². The third-order valence-electron chi connectivity index (χ3n) is 5.14. The number of carbonyl (C=O) groups is 2. The van der Waals surface area contributed by atoms with Crippen LogP contribution < -0.4 is 5.32 Å². The van der Waals surface area contributed by atoms with Gasteiger partial charge >= 0.3 is 0 Å². The molecule has 9 heteroatoms. The van der Waals surface area contributed by atoms with Crippen LogP contribution >= 0.6 is 12.4 Å². The molecule has 33 heavy (non-hydrogen) atoms. The van der Waals surface area contributed by atoms with E-state index in [4.69, 9.17) is 0 Å². The predicted molar refractivity (Wildman–Crippen MR) is 123 cm³/mol. The number of aromatic nitrogens is 2. The summed E-state index contributed by atoms with van der Waals surface area (Å²) >= 11 is 0. The highest BCUT2D eigenvalue weighted by molar-refractivity contribution is 6.04. The fourth-order valence-corrected chi connectivity index (χ4v) is 3.49. The Kier molecular flexibility index (Phi) is 7.50. The van der Waals surface area contributed by atoms with E-state index in [9.17, 15) is 18.4 Å². The first-order valence-electron chi connectivity index (χ1n) is 10.0. The molecule has 0 unspecified atom stereocenters. The molecule has 0 radical (unpaired) electrons. The number of halogens is 3. The van der Waals surface area contributed by atoms with Gasteiger partial charge in [0.2, 0.25) is 0 Å². The van der Waals surface area contributed by atoms with E-state index in [1.54, 1.807) is 35.5 Å². The van der Waals surface area contributed by atoms with Gasteiger partial charge in [0.05, 0.1) is 0 Å². The van der Waals surface area contributed by atoms with E-state index in [1.165, 1.54) is 6.07 Å². The van der Waals surface area contributed by atoms with Crippen molar-refractivity contribution in [3.05, 3.63) is 95.0 Å². The third-order valence-corrected chi connectivity index (χ3v) is 5.14. The lowest BCUT2D eigenvalue weighted by Gasteiger charge is -2.27. The summed E-state index contributed by atoms with van der Waals surface area (Å²) in [6.07, 6.45) is 5.90. The zero-order chi connectivity index (χ0) is 22.7. The van der Waals surface area contributed by atoms with E-state index in [0.29, 0.717) is 25.2 Å². The van der Waals surface area contributed by atoms with Crippen LogP contribution in [-0.2, 0) is 0 Å². The Bertz CT molecular complexity index is 1200. The van der Waals surface area contributed by atoms with Crippen molar-refractivity contribution in [1.82, 2.24) is 14.9 Å². The van der Waals surface area contributed by atoms with Gasteiger partial charge in [0.15, 0.2) is 0 Å². The minimum Gasteiger partial charge on any atom is -0.333 e. The molecule has 1 aromatic carbocycles. The molecule has 0 aliphatic carbocycles. The maximum atomic E-state index is 13.8. The van der Waals surface area contributed by atoms with Gasteiger partial charge in [-0.05, 0) is 66.4 Å². The van der Waals surface area contributed by atoms with Crippen LogP contribution in [0.5, 0.6) is 0 Å². The lowest BCUT2D eigenvalue weighted by molar-refractivity contribution is 0.0768. The highest BCUT2D eigenvalue weighted by Crippen LogP contribution is 2.23. The molecule has 0 spiro atoms. The van der Waals surface area contributed by atoms with E-state index in [2.05, 4.69) is 15.3 Å². The summed E-state index contributed by atoms with van der Waals surface area (Å²) in [7, 11) is 0. The summed E-state index contributed by atoms with van der Waals surface area (Å²) in [6.45, 7) is 2.91. The molecule has 0 saturated carbocycles.